The highest BCUT2D eigenvalue weighted by Crippen LogP contribution is 2.23. The number of halogens is 3. The largest absolute Gasteiger partial charge is 0.389 e. The van der Waals surface area contributed by atoms with Gasteiger partial charge in [-0.3, -0.25) is 4.72 Å². The van der Waals surface area contributed by atoms with Crippen molar-refractivity contribution in [3.05, 3.63) is 29.3 Å². The van der Waals surface area contributed by atoms with Crippen LogP contribution in [0.3, 0.4) is 0 Å². The molecule has 3 N–H and O–H groups in total. The summed E-state index contributed by atoms with van der Waals surface area (Å²) in [7, 11) is -3.90. The molecule has 0 saturated heterocycles. The van der Waals surface area contributed by atoms with Crippen LogP contribution in [-0.2, 0) is 10.0 Å². The highest BCUT2D eigenvalue weighted by Gasteiger charge is 2.27. The molecule has 0 unspecified atom stereocenters. The number of benzene rings is 1. The molecular weight excluding hydrogens is 325 g/mol. The normalized spacial score (nSPS) is 12.2. The number of sulfonamides is 1. The summed E-state index contributed by atoms with van der Waals surface area (Å²) < 4.78 is 61.9. The van der Waals surface area contributed by atoms with E-state index in [1.807, 2.05) is 0 Å². The molecule has 0 fully saturated rings. The first-order valence-corrected chi connectivity index (χ1v) is 8.04. The molecule has 118 valence electrons. The van der Waals surface area contributed by atoms with Gasteiger partial charge >= 0.3 is 6.18 Å². The third-order valence-electron chi connectivity index (χ3n) is 2.66. The molecule has 0 amide bonds. The lowest BCUT2D eigenvalue weighted by Gasteiger charge is -2.14. The molecule has 0 saturated carbocycles. The van der Waals surface area contributed by atoms with Gasteiger partial charge in [-0.05, 0) is 25.0 Å². The molecule has 0 aromatic heterocycles. The number of nitrogens with two attached hydrogens (primary N) is 1. The molecule has 0 bridgehead atoms. The minimum absolute atomic E-state index is 0.0149. The fourth-order valence-corrected chi connectivity index (χ4v) is 3.16. The van der Waals surface area contributed by atoms with Gasteiger partial charge in [-0.15, -0.1) is 0 Å². The Morgan fingerprint density at radius 2 is 2.00 bits per heavy atom. The maximum Gasteiger partial charge on any atom is 0.389 e. The van der Waals surface area contributed by atoms with Crippen LogP contribution < -0.4 is 10.5 Å². The zero-order chi connectivity index (χ0) is 16.3. The van der Waals surface area contributed by atoms with Crippen molar-refractivity contribution >= 4 is 32.9 Å². The number of hydrogen-bond donors (Lipinski definition) is 2. The Morgan fingerprint density at radius 3 is 2.52 bits per heavy atom. The predicted octanol–water partition coefficient (Wildman–Crippen LogP) is 2.71. The van der Waals surface area contributed by atoms with Crippen LogP contribution in [0.25, 0.3) is 0 Å². The van der Waals surface area contributed by atoms with E-state index in [-0.39, 0.29) is 10.7 Å². The van der Waals surface area contributed by atoms with Gasteiger partial charge in [0.2, 0.25) is 10.0 Å². The smallest absolute Gasteiger partial charge is 0.389 e. The molecule has 0 aliphatic rings. The van der Waals surface area contributed by atoms with Gasteiger partial charge in [0.25, 0.3) is 0 Å². The Morgan fingerprint density at radius 1 is 1.38 bits per heavy atom. The summed E-state index contributed by atoms with van der Waals surface area (Å²) in [6.45, 7) is 1.70. The van der Waals surface area contributed by atoms with E-state index in [0.29, 0.717) is 11.1 Å². The summed E-state index contributed by atoms with van der Waals surface area (Å²) in [4.78, 5) is 0.0149. The van der Waals surface area contributed by atoms with E-state index >= 15 is 0 Å². The maximum atomic E-state index is 12.0. The first-order chi connectivity index (χ1) is 9.52. The average molecular weight is 340 g/mol. The van der Waals surface area contributed by atoms with E-state index in [1.165, 1.54) is 6.07 Å². The van der Waals surface area contributed by atoms with Crippen molar-refractivity contribution in [1.29, 1.82) is 0 Å². The van der Waals surface area contributed by atoms with Crippen molar-refractivity contribution in [3.8, 4) is 0 Å². The lowest BCUT2D eigenvalue weighted by atomic mass is 10.1. The van der Waals surface area contributed by atoms with Gasteiger partial charge in [-0.2, -0.15) is 13.2 Å². The minimum Gasteiger partial charge on any atom is -0.389 e. The Hall–Kier alpha value is -1.35. The average Bonchev–Trinajstić information content (AvgIpc) is 2.25. The van der Waals surface area contributed by atoms with Crippen molar-refractivity contribution in [2.24, 2.45) is 5.73 Å². The van der Waals surface area contributed by atoms with Gasteiger partial charge in [-0.25, -0.2) is 8.42 Å². The quantitative estimate of drug-likeness (QED) is 0.781. The van der Waals surface area contributed by atoms with Crippen LogP contribution in [0.5, 0.6) is 0 Å². The Balaban J connectivity index is 2.85. The topological polar surface area (TPSA) is 72.2 Å². The third kappa shape index (κ3) is 5.88. The molecule has 21 heavy (non-hydrogen) atoms. The van der Waals surface area contributed by atoms with Gasteiger partial charge < -0.3 is 5.73 Å². The van der Waals surface area contributed by atoms with E-state index in [2.05, 4.69) is 4.72 Å². The van der Waals surface area contributed by atoms with E-state index in [4.69, 9.17) is 18.0 Å². The van der Waals surface area contributed by atoms with Crippen LogP contribution in [0, 0.1) is 6.92 Å². The highest BCUT2D eigenvalue weighted by atomic mass is 32.2. The number of anilines is 1. The first-order valence-electron chi connectivity index (χ1n) is 5.98. The Kier molecular flexibility index (Phi) is 5.57. The summed E-state index contributed by atoms with van der Waals surface area (Å²) in [5.74, 6) is -0.628. The number of hydrogen-bond acceptors (Lipinski definition) is 3. The molecule has 0 atom stereocenters. The molecular formula is C12H15F3N2O2S2. The van der Waals surface area contributed by atoms with E-state index in [1.54, 1.807) is 19.1 Å². The summed E-state index contributed by atoms with van der Waals surface area (Å²) in [6.07, 6.45) is -6.03. The molecule has 9 heteroatoms. The van der Waals surface area contributed by atoms with Crippen molar-refractivity contribution in [2.45, 2.75) is 25.9 Å². The number of aryl methyl sites for hydroxylation is 1. The van der Waals surface area contributed by atoms with Gasteiger partial charge in [0.15, 0.2) is 0 Å². The summed E-state index contributed by atoms with van der Waals surface area (Å²) in [5, 5.41) is 0. The van der Waals surface area contributed by atoms with Crippen LogP contribution >= 0.6 is 12.2 Å². The van der Waals surface area contributed by atoms with Gasteiger partial charge in [0, 0.05) is 12.0 Å². The summed E-state index contributed by atoms with van der Waals surface area (Å²) in [5.41, 5.74) is 6.76. The molecule has 1 rings (SSSR count). The monoisotopic (exact) mass is 340 g/mol. The van der Waals surface area contributed by atoms with Gasteiger partial charge in [0.1, 0.15) is 4.99 Å². The lowest BCUT2D eigenvalue weighted by molar-refractivity contribution is -0.134. The molecule has 1 aromatic rings. The van der Waals surface area contributed by atoms with Crippen LogP contribution in [0.1, 0.15) is 24.0 Å². The zero-order valence-electron chi connectivity index (χ0n) is 11.2. The fourth-order valence-electron chi connectivity index (χ4n) is 1.76. The molecule has 0 radical (unpaired) electrons. The Labute approximate surface area is 126 Å². The number of rotatable bonds is 6. The predicted molar refractivity (Wildman–Crippen MR) is 79.8 cm³/mol. The summed E-state index contributed by atoms with van der Waals surface area (Å²) >= 11 is 4.86. The SMILES string of the molecule is Cc1cccc(NS(=O)(=O)CCCC(F)(F)F)c1C(N)=S. The van der Waals surface area contributed by atoms with E-state index < -0.39 is 34.8 Å². The van der Waals surface area contributed by atoms with Crippen LogP contribution in [0.15, 0.2) is 18.2 Å². The van der Waals surface area contributed by atoms with E-state index in [9.17, 15) is 21.6 Å². The fraction of sp³-hybridized carbons (Fsp3) is 0.417. The second-order valence-electron chi connectivity index (χ2n) is 4.50. The number of alkyl halides is 3. The van der Waals surface area contributed by atoms with Crippen molar-refractivity contribution in [1.82, 2.24) is 0 Å². The Bertz CT molecular complexity index is 628. The third-order valence-corrected chi connectivity index (χ3v) is 4.22. The number of thiocarbonyl (C=S) groups is 1. The molecule has 0 aliphatic carbocycles. The summed E-state index contributed by atoms with van der Waals surface area (Å²) in [6, 6.07) is 4.77. The molecule has 4 nitrogen and oxygen atoms in total. The standard InChI is InChI=1S/C12H15F3N2O2S2/c1-8-4-2-5-9(10(8)11(16)20)17-21(18,19)7-3-6-12(13,14)15/h2,4-5,17H,3,6-7H2,1H3,(H2,16,20). The van der Waals surface area contributed by atoms with E-state index in [0.717, 1.165) is 0 Å². The lowest BCUT2D eigenvalue weighted by Crippen LogP contribution is -2.22. The molecule has 0 aliphatic heterocycles. The van der Waals surface area contributed by atoms with Crippen molar-refractivity contribution in [3.63, 3.8) is 0 Å². The second-order valence-corrected chi connectivity index (χ2v) is 6.78. The van der Waals surface area contributed by atoms with Crippen molar-refractivity contribution < 1.29 is 21.6 Å². The minimum atomic E-state index is -4.37. The van der Waals surface area contributed by atoms with Crippen LogP contribution in [0.4, 0.5) is 18.9 Å². The molecule has 0 heterocycles. The second kappa shape index (κ2) is 6.61. The molecule has 0 spiro atoms. The van der Waals surface area contributed by atoms with Crippen LogP contribution in [-0.4, -0.2) is 25.3 Å². The van der Waals surface area contributed by atoms with Crippen molar-refractivity contribution in [2.75, 3.05) is 10.5 Å². The van der Waals surface area contributed by atoms with Gasteiger partial charge in [-0.1, -0.05) is 24.4 Å². The first kappa shape index (κ1) is 17.7. The number of nitrogens with one attached hydrogen (secondary N) is 1. The maximum absolute atomic E-state index is 12.0. The van der Waals surface area contributed by atoms with Crippen LogP contribution in [0.2, 0.25) is 0 Å². The highest BCUT2D eigenvalue weighted by molar-refractivity contribution is 7.92. The zero-order valence-corrected chi connectivity index (χ0v) is 12.8. The molecule has 1 aromatic carbocycles. The van der Waals surface area contributed by atoms with Gasteiger partial charge in [0.05, 0.1) is 11.4 Å².